The van der Waals surface area contributed by atoms with E-state index in [1.165, 1.54) is 4.31 Å². The molecule has 8 heteroatoms. The Hall–Kier alpha value is -2.74. The van der Waals surface area contributed by atoms with Crippen LogP contribution < -0.4 is 19.1 Å². The summed E-state index contributed by atoms with van der Waals surface area (Å²) >= 11 is 0. The van der Waals surface area contributed by atoms with Crippen molar-refractivity contribution < 1.29 is 22.7 Å². The van der Waals surface area contributed by atoms with Crippen molar-refractivity contribution in [2.75, 3.05) is 17.4 Å². The Morgan fingerprint density at radius 1 is 1.18 bits per heavy atom. The zero-order valence-corrected chi connectivity index (χ0v) is 17.0. The Balaban J connectivity index is 1.78. The van der Waals surface area contributed by atoms with Gasteiger partial charge >= 0.3 is 0 Å². The first kappa shape index (κ1) is 20.0. The molecule has 1 heterocycles. The van der Waals surface area contributed by atoms with E-state index in [-0.39, 0.29) is 19.2 Å². The van der Waals surface area contributed by atoms with Gasteiger partial charge in [0.05, 0.1) is 11.9 Å². The molecule has 0 bridgehead atoms. The monoisotopic (exact) mass is 404 g/mol. The standard InChI is InChI=1S/C20H24N2O5S/c1-4-17(22(28(3,24)25)16-7-5-6-14(2)10-16)20(23)21-12-15-8-9-18-19(11-15)27-13-26-18/h5-11,17H,4,12-13H2,1-3H3,(H,21,23)/t17-/m1/s1. The minimum absolute atomic E-state index is 0.183. The number of sulfonamides is 1. The summed E-state index contributed by atoms with van der Waals surface area (Å²) in [7, 11) is -3.65. The molecule has 2 aromatic rings. The van der Waals surface area contributed by atoms with Crippen LogP contribution in [-0.2, 0) is 21.4 Å². The van der Waals surface area contributed by atoms with Crippen LogP contribution in [0.2, 0.25) is 0 Å². The normalized spacial score (nSPS) is 13.8. The molecule has 0 spiro atoms. The number of ether oxygens (including phenoxy) is 2. The van der Waals surface area contributed by atoms with E-state index in [0.29, 0.717) is 23.6 Å². The Morgan fingerprint density at radius 2 is 1.93 bits per heavy atom. The number of aryl methyl sites for hydroxylation is 1. The largest absolute Gasteiger partial charge is 0.454 e. The van der Waals surface area contributed by atoms with Crippen LogP contribution in [0.25, 0.3) is 0 Å². The third-order valence-electron chi connectivity index (χ3n) is 4.49. The Kier molecular flexibility index (Phi) is 5.79. The maximum Gasteiger partial charge on any atom is 0.244 e. The summed E-state index contributed by atoms with van der Waals surface area (Å²) in [6.07, 6.45) is 1.46. The second kappa shape index (κ2) is 8.10. The van der Waals surface area contributed by atoms with Gasteiger partial charge in [0, 0.05) is 6.54 Å². The van der Waals surface area contributed by atoms with Gasteiger partial charge in [-0.1, -0.05) is 25.1 Å². The van der Waals surface area contributed by atoms with Gasteiger partial charge in [0.25, 0.3) is 0 Å². The second-order valence-electron chi connectivity index (χ2n) is 6.73. The third kappa shape index (κ3) is 4.39. The van der Waals surface area contributed by atoms with Crippen LogP contribution in [0.3, 0.4) is 0 Å². The molecule has 0 aliphatic carbocycles. The highest BCUT2D eigenvalue weighted by Gasteiger charge is 2.31. The maximum absolute atomic E-state index is 12.9. The SMILES string of the molecule is CC[C@H](C(=O)NCc1ccc2c(c1)OCO2)N(c1cccc(C)c1)S(C)(=O)=O. The van der Waals surface area contributed by atoms with Gasteiger partial charge in [0.1, 0.15) is 6.04 Å². The number of carbonyl (C=O) groups excluding carboxylic acids is 1. The fourth-order valence-corrected chi connectivity index (χ4v) is 4.39. The summed E-state index contributed by atoms with van der Waals surface area (Å²) in [6, 6.07) is 11.7. The van der Waals surface area contributed by atoms with E-state index in [1.54, 1.807) is 37.3 Å². The quantitative estimate of drug-likeness (QED) is 0.767. The lowest BCUT2D eigenvalue weighted by Crippen LogP contribution is -2.49. The van der Waals surface area contributed by atoms with E-state index in [0.717, 1.165) is 17.4 Å². The number of anilines is 1. The minimum atomic E-state index is -3.65. The van der Waals surface area contributed by atoms with Gasteiger partial charge < -0.3 is 14.8 Å². The van der Waals surface area contributed by atoms with E-state index >= 15 is 0 Å². The number of amides is 1. The van der Waals surface area contributed by atoms with E-state index in [4.69, 9.17) is 9.47 Å². The molecule has 0 radical (unpaired) electrons. The highest BCUT2D eigenvalue weighted by atomic mass is 32.2. The van der Waals surface area contributed by atoms with Gasteiger partial charge in [-0.05, 0) is 48.7 Å². The number of carbonyl (C=O) groups is 1. The lowest BCUT2D eigenvalue weighted by molar-refractivity contribution is -0.122. The maximum atomic E-state index is 12.9. The van der Waals surface area contributed by atoms with Crippen LogP contribution in [-0.4, -0.2) is 33.4 Å². The third-order valence-corrected chi connectivity index (χ3v) is 5.67. The number of benzene rings is 2. The molecule has 1 aliphatic rings. The summed E-state index contributed by atoms with van der Waals surface area (Å²) in [6.45, 7) is 4.11. The first-order valence-corrected chi connectivity index (χ1v) is 10.9. The second-order valence-corrected chi connectivity index (χ2v) is 8.59. The molecule has 2 aromatic carbocycles. The molecule has 3 rings (SSSR count). The van der Waals surface area contributed by atoms with Gasteiger partial charge in [-0.25, -0.2) is 8.42 Å². The Labute approximate surface area is 165 Å². The molecular weight excluding hydrogens is 380 g/mol. The fourth-order valence-electron chi connectivity index (χ4n) is 3.18. The van der Waals surface area contributed by atoms with Crippen LogP contribution in [0.5, 0.6) is 11.5 Å². The number of hydrogen-bond donors (Lipinski definition) is 1. The molecule has 7 nitrogen and oxygen atoms in total. The lowest BCUT2D eigenvalue weighted by Gasteiger charge is -2.30. The molecule has 0 saturated heterocycles. The van der Waals surface area contributed by atoms with E-state index in [1.807, 2.05) is 19.1 Å². The molecule has 1 aliphatic heterocycles. The van der Waals surface area contributed by atoms with Gasteiger partial charge in [-0.2, -0.15) is 0 Å². The van der Waals surface area contributed by atoms with Gasteiger partial charge in [0.2, 0.25) is 22.7 Å². The molecule has 150 valence electrons. The summed E-state index contributed by atoms with van der Waals surface area (Å²) in [5.41, 5.74) is 2.24. The van der Waals surface area contributed by atoms with E-state index in [2.05, 4.69) is 5.32 Å². The topological polar surface area (TPSA) is 84.9 Å². The Bertz CT molecular complexity index is 974. The molecule has 0 unspecified atom stereocenters. The van der Waals surface area contributed by atoms with Crippen LogP contribution in [0, 0.1) is 6.92 Å². The Morgan fingerprint density at radius 3 is 2.61 bits per heavy atom. The van der Waals surface area contributed by atoms with Gasteiger partial charge in [-0.3, -0.25) is 9.10 Å². The fraction of sp³-hybridized carbons (Fsp3) is 0.350. The predicted octanol–water partition coefficient (Wildman–Crippen LogP) is 2.58. The highest BCUT2D eigenvalue weighted by Crippen LogP contribution is 2.32. The van der Waals surface area contributed by atoms with Crippen molar-refractivity contribution in [3.63, 3.8) is 0 Å². The van der Waals surface area contributed by atoms with Crippen LogP contribution >= 0.6 is 0 Å². The number of nitrogens with one attached hydrogen (secondary N) is 1. The summed E-state index contributed by atoms with van der Waals surface area (Å²) in [5.74, 6) is 0.952. The van der Waals surface area contributed by atoms with Crippen molar-refractivity contribution in [3.8, 4) is 11.5 Å². The number of hydrogen-bond acceptors (Lipinski definition) is 5. The lowest BCUT2D eigenvalue weighted by atomic mass is 10.1. The first-order valence-electron chi connectivity index (χ1n) is 9.02. The molecule has 1 amide bonds. The minimum Gasteiger partial charge on any atom is -0.454 e. The van der Waals surface area contributed by atoms with Gasteiger partial charge in [-0.15, -0.1) is 0 Å². The number of rotatable bonds is 7. The van der Waals surface area contributed by atoms with Crippen LogP contribution in [0.15, 0.2) is 42.5 Å². The van der Waals surface area contributed by atoms with Crippen LogP contribution in [0.4, 0.5) is 5.69 Å². The zero-order valence-electron chi connectivity index (χ0n) is 16.1. The molecule has 0 fully saturated rings. The van der Waals surface area contributed by atoms with Crippen molar-refractivity contribution in [3.05, 3.63) is 53.6 Å². The van der Waals surface area contributed by atoms with Crippen molar-refractivity contribution in [1.29, 1.82) is 0 Å². The average Bonchev–Trinajstić information content (AvgIpc) is 3.10. The molecule has 0 saturated carbocycles. The molecule has 1 atom stereocenters. The van der Waals surface area contributed by atoms with Crippen molar-refractivity contribution in [2.24, 2.45) is 0 Å². The van der Waals surface area contributed by atoms with E-state index in [9.17, 15) is 13.2 Å². The smallest absolute Gasteiger partial charge is 0.244 e. The molecule has 0 aromatic heterocycles. The van der Waals surface area contributed by atoms with Crippen molar-refractivity contribution >= 4 is 21.6 Å². The van der Waals surface area contributed by atoms with Crippen LogP contribution in [0.1, 0.15) is 24.5 Å². The highest BCUT2D eigenvalue weighted by molar-refractivity contribution is 7.92. The molecular formula is C20H24N2O5S. The van der Waals surface area contributed by atoms with Crippen molar-refractivity contribution in [2.45, 2.75) is 32.9 Å². The van der Waals surface area contributed by atoms with E-state index < -0.39 is 16.1 Å². The number of nitrogens with zero attached hydrogens (tertiary/aromatic N) is 1. The summed E-state index contributed by atoms with van der Waals surface area (Å²) < 4.78 is 36.7. The number of fused-ring (bicyclic) bond motifs is 1. The molecule has 1 N–H and O–H groups in total. The zero-order chi connectivity index (χ0) is 20.3. The summed E-state index contributed by atoms with van der Waals surface area (Å²) in [4.78, 5) is 12.9. The molecule has 28 heavy (non-hydrogen) atoms. The van der Waals surface area contributed by atoms with Gasteiger partial charge in [0.15, 0.2) is 11.5 Å². The summed E-state index contributed by atoms with van der Waals surface area (Å²) in [5, 5.41) is 2.84. The van der Waals surface area contributed by atoms with Crippen molar-refractivity contribution in [1.82, 2.24) is 5.32 Å². The average molecular weight is 404 g/mol. The first-order chi connectivity index (χ1) is 13.3. The predicted molar refractivity (Wildman–Crippen MR) is 107 cm³/mol.